The van der Waals surface area contributed by atoms with Crippen LogP contribution in [-0.2, 0) is 19.4 Å². The van der Waals surface area contributed by atoms with E-state index in [0.717, 1.165) is 4.90 Å². The van der Waals surface area contributed by atoms with E-state index in [0.29, 0.717) is 30.2 Å². The highest BCUT2D eigenvalue weighted by atomic mass is 32.2. The molecule has 1 unspecified atom stereocenters. The van der Waals surface area contributed by atoms with E-state index in [1.807, 2.05) is 13.8 Å². The van der Waals surface area contributed by atoms with E-state index in [-0.39, 0.29) is 28.2 Å². The normalized spacial score (nSPS) is 16.2. The van der Waals surface area contributed by atoms with Crippen LogP contribution in [0.4, 0.5) is 11.4 Å². The summed E-state index contributed by atoms with van der Waals surface area (Å²) in [5, 5.41) is 5.56. The number of rotatable bonds is 7. The fourth-order valence-electron chi connectivity index (χ4n) is 2.99. The van der Waals surface area contributed by atoms with Gasteiger partial charge in [0, 0.05) is 28.7 Å². The molecule has 2 N–H and O–H groups in total. The molecule has 0 bridgehead atoms. The molecule has 160 valence electrons. The Bertz CT molecular complexity index is 1040. The highest BCUT2D eigenvalue weighted by Gasteiger charge is 2.23. The van der Waals surface area contributed by atoms with E-state index in [9.17, 15) is 18.0 Å². The van der Waals surface area contributed by atoms with Crippen LogP contribution in [-0.4, -0.2) is 37.8 Å². The summed E-state index contributed by atoms with van der Waals surface area (Å²) in [4.78, 5) is 25.0. The van der Waals surface area contributed by atoms with Gasteiger partial charge in [-0.15, -0.1) is 11.8 Å². The zero-order valence-electron chi connectivity index (χ0n) is 16.8. The molecule has 0 fully saturated rings. The number of carbonyl (C=O) groups is 2. The van der Waals surface area contributed by atoms with Gasteiger partial charge in [-0.25, -0.2) is 8.42 Å². The second-order valence-electron chi connectivity index (χ2n) is 6.91. The van der Waals surface area contributed by atoms with E-state index in [1.54, 1.807) is 30.3 Å². The highest BCUT2D eigenvalue weighted by molar-refractivity contribution is 8.00. The van der Waals surface area contributed by atoms with E-state index < -0.39 is 15.7 Å². The monoisotopic (exact) mass is 448 g/mol. The topological polar surface area (TPSA) is 102 Å². The van der Waals surface area contributed by atoms with Crippen molar-refractivity contribution in [3.8, 4) is 5.75 Å². The van der Waals surface area contributed by atoms with Crippen molar-refractivity contribution in [2.24, 2.45) is 0 Å². The first-order valence-electron chi connectivity index (χ1n) is 9.63. The van der Waals surface area contributed by atoms with Crippen molar-refractivity contribution in [1.29, 1.82) is 0 Å². The van der Waals surface area contributed by atoms with Crippen LogP contribution >= 0.6 is 11.8 Å². The lowest BCUT2D eigenvalue weighted by Crippen LogP contribution is -2.18. The molecule has 0 radical (unpaired) electrons. The van der Waals surface area contributed by atoms with Crippen LogP contribution < -0.4 is 15.4 Å². The molecule has 3 rings (SSSR count). The maximum Gasteiger partial charge on any atom is 0.225 e. The maximum atomic E-state index is 12.7. The molecular formula is C21H24N2O5S2. The number of nitrogens with one attached hydrogen (secondary N) is 2. The smallest absolute Gasteiger partial charge is 0.225 e. The van der Waals surface area contributed by atoms with Crippen LogP contribution in [0.25, 0.3) is 0 Å². The summed E-state index contributed by atoms with van der Waals surface area (Å²) in [6.07, 6.45) is 0.192. The van der Waals surface area contributed by atoms with E-state index in [1.165, 1.54) is 23.9 Å². The van der Waals surface area contributed by atoms with Gasteiger partial charge in [-0.2, -0.15) is 0 Å². The molecule has 7 nitrogen and oxygen atoms in total. The van der Waals surface area contributed by atoms with Crippen LogP contribution in [0.1, 0.15) is 26.7 Å². The minimum Gasteiger partial charge on any atom is -0.494 e. The number of amides is 2. The van der Waals surface area contributed by atoms with Gasteiger partial charge in [-0.05, 0) is 49.4 Å². The van der Waals surface area contributed by atoms with Crippen molar-refractivity contribution < 1.29 is 22.7 Å². The van der Waals surface area contributed by atoms with Crippen LogP contribution in [0, 0.1) is 0 Å². The van der Waals surface area contributed by atoms with Gasteiger partial charge in [0.15, 0.2) is 9.84 Å². The number of sulfone groups is 1. The zero-order chi connectivity index (χ0) is 21.7. The Morgan fingerprint density at radius 1 is 1.23 bits per heavy atom. The summed E-state index contributed by atoms with van der Waals surface area (Å²) >= 11 is 1.53. The number of thioether (sulfide) groups is 1. The summed E-state index contributed by atoms with van der Waals surface area (Å²) in [7, 11) is -3.68. The third kappa shape index (κ3) is 5.76. The van der Waals surface area contributed by atoms with E-state index in [2.05, 4.69) is 10.6 Å². The van der Waals surface area contributed by atoms with Gasteiger partial charge in [0.05, 0.1) is 22.9 Å². The first-order chi connectivity index (χ1) is 14.3. The summed E-state index contributed by atoms with van der Waals surface area (Å²) in [6, 6.07) is 11.6. The number of fused-ring (bicyclic) bond motifs is 1. The van der Waals surface area contributed by atoms with Crippen molar-refractivity contribution in [1.82, 2.24) is 0 Å². The molecule has 1 heterocycles. The highest BCUT2D eigenvalue weighted by Crippen LogP contribution is 2.36. The maximum absolute atomic E-state index is 12.7. The number of anilines is 2. The Labute approximate surface area is 180 Å². The molecular weight excluding hydrogens is 424 g/mol. The zero-order valence-corrected chi connectivity index (χ0v) is 18.4. The summed E-state index contributed by atoms with van der Waals surface area (Å²) in [5.41, 5.74) is 1.06. The van der Waals surface area contributed by atoms with Gasteiger partial charge in [0.1, 0.15) is 5.75 Å². The lowest BCUT2D eigenvalue weighted by molar-refractivity contribution is -0.116. The number of benzene rings is 2. The second-order valence-corrected chi connectivity index (χ2v) is 10.5. The van der Waals surface area contributed by atoms with Crippen molar-refractivity contribution >= 4 is 44.8 Å². The van der Waals surface area contributed by atoms with Gasteiger partial charge < -0.3 is 15.4 Å². The molecule has 2 aromatic rings. The van der Waals surface area contributed by atoms with E-state index >= 15 is 0 Å². The van der Waals surface area contributed by atoms with Gasteiger partial charge in [-0.1, -0.05) is 6.92 Å². The molecule has 30 heavy (non-hydrogen) atoms. The first kappa shape index (κ1) is 22.2. The molecule has 0 spiro atoms. The second kappa shape index (κ2) is 9.53. The molecule has 0 aliphatic carbocycles. The number of ether oxygens (including phenoxy) is 1. The summed E-state index contributed by atoms with van der Waals surface area (Å²) in [6.45, 7) is 4.38. The Kier molecular flexibility index (Phi) is 7.04. The van der Waals surface area contributed by atoms with E-state index in [4.69, 9.17) is 4.74 Å². The average molecular weight is 449 g/mol. The molecule has 1 atom stereocenters. The van der Waals surface area contributed by atoms with Gasteiger partial charge in [0.2, 0.25) is 11.8 Å². The Morgan fingerprint density at radius 3 is 2.67 bits per heavy atom. The number of carbonyl (C=O) groups excluding carboxylic acids is 2. The minimum atomic E-state index is -3.68. The van der Waals surface area contributed by atoms with Crippen LogP contribution in [0.2, 0.25) is 0 Å². The molecule has 0 saturated carbocycles. The van der Waals surface area contributed by atoms with Crippen LogP contribution in [0.3, 0.4) is 0 Å². The predicted molar refractivity (Wildman–Crippen MR) is 118 cm³/mol. The van der Waals surface area contributed by atoms with Crippen molar-refractivity contribution in [3.05, 3.63) is 42.5 Å². The molecule has 2 amide bonds. The first-order valence-corrected chi connectivity index (χ1v) is 12.2. The third-order valence-electron chi connectivity index (χ3n) is 4.43. The lowest BCUT2D eigenvalue weighted by Gasteiger charge is -2.11. The molecule has 1 aliphatic rings. The van der Waals surface area contributed by atoms with Crippen molar-refractivity contribution in [2.45, 2.75) is 41.7 Å². The number of hydrogen-bond donors (Lipinski definition) is 2. The Hall–Kier alpha value is -2.52. The van der Waals surface area contributed by atoms with Crippen LogP contribution in [0.15, 0.2) is 52.3 Å². The van der Waals surface area contributed by atoms with Crippen molar-refractivity contribution in [3.63, 3.8) is 0 Å². The van der Waals surface area contributed by atoms with Gasteiger partial charge >= 0.3 is 0 Å². The van der Waals surface area contributed by atoms with Crippen molar-refractivity contribution in [2.75, 3.05) is 23.0 Å². The molecule has 9 heteroatoms. The van der Waals surface area contributed by atoms with Crippen LogP contribution in [0.5, 0.6) is 5.75 Å². The quantitative estimate of drug-likeness (QED) is 0.670. The fraction of sp³-hybridized carbons (Fsp3) is 0.333. The average Bonchev–Trinajstić information content (AvgIpc) is 2.83. The largest absolute Gasteiger partial charge is 0.494 e. The Morgan fingerprint density at radius 2 is 1.97 bits per heavy atom. The summed E-state index contributed by atoms with van der Waals surface area (Å²) < 4.78 is 30.8. The molecule has 0 aromatic heterocycles. The summed E-state index contributed by atoms with van der Waals surface area (Å²) in [5.74, 6) is -0.166. The SMILES string of the molecule is CCOc1ccc(NC(=O)CCS(=O)(=O)c2ccc3c(c2)NC(=O)CC(C)S3)cc1. The minimum absolute atomic E-state index is 0.0885. The molecule has 2 aromatic carbocycles. The van der Waals surface area contributed by atoms with Gasteiger partial charge in [0.25, 0.3) is 0 Å². The predicted octanol–water partition coefficient (Wildman–Crippen LogP) is 3.71. The third-order valence-corrected chi connectivity index (χ3v) is 7.32. The number of hydrogen-bond acceptors (Lipinski definition) is 6. The molecule has 0 saturated heterocycles. The van der Waals surface area contributed by atoms with Gasteiger partial charge in [-0.3, -0.25) is 9.59 Å². The standard InChI is InChI=1S/C21H24N2O5S2/c1-3-28-16-6-4-15(5-7-16)22-20(24)10-11-30(26,27)17-8-9-19-18(13-17)23-21(25)12-14(2)29-19/h4-9,13-14H,3,10-12H2,1-2H3,(H,22,24)(H,23,25). The Balaban J connectivity index is 1.63. The fourth-order valence-corrected chi connectivity index (χ4v) is 5.31. The lowest BCUT2D eigenvalue weighted by atomic mass is 10.3. The molecule has 1 aliphatic heterocycles.